The molecule has 0 saturated heterocycles. The van der Waals surface area contributed by atoms with Gasteiger partial charge in [0.05, 0.1) is 6.54 Å². The van der Waals surface area contributed by atoms with Crippen molar-refractivity contribution < 1.29 is 9.18 Å². The second-order valence-corrected chi connectivity index (χ2v) is 5.11. The van der Waals surface area contributed by atoms with Crippen molar-refractivity contribution in [2.24, 2.45) is 0 Å². The fraction of sp³-hybridized carbons (Fsp3) is 0.235. The molecular weight excluding hydrogens is 267 g/mol. The van der Waals surface area contributed by atoms with Crippen molar-refractivity contribution in [3.8, 4) is 0 Å². The lowest BCUT2D eigenvalue weighted by molar-refractivity contribution is -0.114. The van der Waals surface area contributed by atoms with E-state index in [4.69, 9.17) is 0 Å². The lowest BCUT2D eigenvalue weighted by Crippen LogP contribution is -2.22. The first-order chi connectivity index (χ1) is 9.97. The highest BCUT2D eigenvalue weighted by Crippen LogP contribution is 2.18. The molecule has 0 aliphatic rings. The Bertz CT molecular complexity index is 668. The number of carbonyl (C=O) groups is 1. The average molecular weight is 286 g/mol. The van der Waals surface area contributed by atoms with Gasteiger partial charge in [-0.1, -0.05) is 18.2 Å². The van der Waals surface area contributed by atoms with E-state index in [1.165, 1.54) is 11.6 Å². The van der Waals surface area contributed by atoms with Crippen LogP contribution in [-0.4, -0.2) is 12.5 Å². The summed E-state index contributed by atoms with van der Waals surface area (Å²) < 4.78 is 13.4. The minimum atomic E-state index is -0.324. The van der Waals surface area contributed by atoms with Crippen molar-refractivity contribution in [3.63, 3.8) is 0 Å². The molecule has 2 rings (SSSR count). The molecule has 3 nitrogen and oxygen atoms in total. The number of nitrogens with one attached hydrogen (secondary N) is 2. The van der Waals surface area contributed by atoms with Gasteiger partial charge < -0.3 is 10.6 Å². The van der Waals surface area contributed by atoms with Gasteiger partial charge in [-0.2, -0.15) is 0 Å². The molecule has 2 aromatic rings. The number of hydrogen-bond acceptors (Lipinski definition) is 2. The van der Waals surface area contributed by atoms with Crippen LogP contribution in [0.1, 0.15) is 16.7 Å². The smallest absolute Gasteiger partial charge is 0.243 e. The molecule has 2 aromatic carbocycles. The SMILES string of the molecule is Cc1ccc(NC(=O)CNc2cccc(C)c2C)cc1F. The van der Waals surface area contributed by atoms with Crippen LogP contribution in [0, 0.1) is 26.6 Å². The normalized spacial score (nSPS) is 10.3. The largest absolute Gasteiger partial charge is 0.376 e. The number of halogens is 1. The number of anilines is 2. The van der Waals surface area contributed by atoms with Crippen molar-refractivity contribution >= 4 is 17.3 Å². The Balaban J connectivity index is 1.96. The summed E-state index contributed by atoms with van der Waals surface area (Å²) in [5.41, 5.74) is 4.24. The Morgan fingerprint density at radius 1 is 1.10 bits per heavy atom. The molecule has 0 atom stereocenters. The second-order valence-electron chi connectivity index (χ2n) is 5.11. The lowest BCUT2D eigenvalue weighted by Gasteiger charge is -2.12. The van der Waals surface area contributed by atoms with Gasteiger partial charge in [0, 0.05) is 11.4 Å². The van der Waals surface area contributed by atoms with Gasteiger partial charge in [0.2, 0.25) is 5.91 Å². The zero-order valence-electron chi connectivity index (χ0n) is 12.5. The first-order valence-electron chi connectivity index (χ1n) is 6.83. The zero-order valence-corrected chi connectivity index (χ0v) is 12.5. The first kappa shape index (κ1) is 15.0. The second kappa shape index (κ2) is 6.39. The maximum atomic E-state index is 13.4. The molecule has 4 heteroatoms. The van der Waals surface area contributed by atoms with Gasteiger partial charge in [-0.3, -0.25) is 4.79 Å². The number of aryl methyl sites for hydroxylation is 2. The monoisotopic (exact) mass is 286 g/mol. The summed E-state index contributed by atoms with van der Waals surface area (Å²) in [6.07, 6.45) is 0. The average Bonchev–Trinajstić information content (AvgIpc) is 2.44. The van der Waals surface area contributed by atoms with Gasteiger partial charge >= 0.3 is 0 Å². The number of amides is 1. The molecule has 0 aromatic heterocycles. The van der Waals surface area contributed by atoms with Crippen molar-refractivity contribution in [1.82, 2.24) is 0 Å². The maximum Gasteiger partial charge on any atom is 0.243 e. The topological polar surface area (TPSA) is 41.1 Å². The summed E-state index contributed by atoms with van der Waals surface area (Å²) in [7, 11) is 0. The third kappa shape index (κ3) is 3.81. The Hall–Kier alpha value is -2.36. The Morgan fingerprint density at radius 2 is 1.86 bits per heavy atom. The third-order valence-electron chi connectivity index (χ3n) is 3.50. The van der Waals surface area contributed by atoms with E-state index in [9.17, 15) is 9.18 Å². The Kier molecular flexibility index (Phi) is 4.58. The molecule has 0 bridgehead atoms. The summed E-state index contributed by atoms with van der Waals surface area (Å²) >= 11 is 0. The fourth-order valence-corrected chi connectivity index (χ4v) is 1.99. The minimum absolute atomic E-state index is 0.139. The van der Waals surface area contributed by atoms with Crippen LogP contribution in [0.5, 0.6) is 0 Å². The van der Waals surface area contributed by atoms with Crippen molar-refractivity contribution in [3.05, 3.63) is 58.9 Å². The number of carbonyl (C=O) groups excluding carboxylic acids is 1. The summed E-state index contributed by atoms with van der Waals surface area (Å²) in [6.45, 7) is 5.85. The van der Waals surface area contributed by atoms with Gasteiger partial charge in [0.25, 0.3) is 0 Å². The molecule has 0 radical (unpaired) electrons. The molecule has 0 spiro atoms. The number of rotatable bonds is 4. The van der Waals surface area contributed by atoms with Gasteiger partial charge in [0.1, 0.15) is 5.82 Å². The fourth-order valence-electron chi connectivity index (χ4n) is 1.99. The van der Waals surface area contributed by atoms with E-state index in [1.807, 2.05) is 32.0 Å². The molecule has 0 heterocycles. The van der Waals surface area contributed by atoms with Crippen molar-refractivity contribution in [1.29, 1.82) is 0 Å². The third-order valence-corrected chi connectivity index (χ3v) is 3.50. The number of hydrogen-bond donors (Lipinski definition) is 2. The summed E-state index contributed by atoms with van der Waals surface area (Å²) in [5, 5.41) is 5.77. The van der Waals surface area contributed by atoms with E-state index in [1.54, 1.807) is 19.1 Å². The van der Waals surface area contributed by atoms with E-state index in [-0.39, 0.29) is 18.3 Å². The predicted molar refractivity (Wildman–Crippen MR) is 84.2 cm³/mol. The highest BCUT2D eigenvalue weighted by molar-refractivity contribution is 5.93. The van der Waals surface area contributed by atoms with Crippen molar-refractivity contribution in [2.45, 2.75) is 20.8 Å². The number of benzene rings is 2. The van der Waals surface area contributed by atoms with Gasteiger partial charge in [0.15, 0.2) is 0 Å². The van der Waals surface area contributed by atoms with E-state index in [0.29, 0.717) is 11.3 Å². The molecule has 2 N–H and O–H groups in total. The molecule has 0 fully saturated rings. The van der Waals surface area contributed by atoms with E-state index >= 15 is 0 Å². The lowest BCUT2D eigenvalue weighted by atomic mass is 10.1. The van der Waals surface area contributed by atoms with Gasteiger partial charge in [-0.25, -0.2) is 4.39 Å². The molecule has 0 unspecified atom stereocenters. The first-order valence-corrected chi connectivity index (χ1v) is 6.83. The molecule has 0 aliphatic heterocycles. The van der Waals surface area contributed by atoms with Crippen molar-refractivity contribution in [2.75, 3.05) is 17.2 Å². The van der Waals surface area contributed by atoms with Crippen LogP contribution in [0.2, 0.25) is 0 Å². The van der Waals surface area contributed by atoms with Crippen LogP contribution in [0.3, 0.4) is 0 Å². The summed E-state index contributed by atoms with van der Waals surface area (Å²) in [4.78, 5) is 11.9. The standard InChI is InChI=1S/C17H19FN2O/c1-11-5-4-6-16(13(11)3)19-10-17(21)20-14-8-7-12(2)15(18)9-14/h4-9,19H,10H2,1-3H3,(H,20,21). The molecule has 0 saturated carbocycles. The molecule has 0 aliphatic carbocycles. The summed E-state index contributed by atoms with van der Waals surface area (Å²) in [6, 6.07) is 10.6. The van der Waals surface area contributed by atoms with Crippen LogP contribution in [0.15, 0.2) is 36.4 Å². The highest BCUT2D eigenvalue weighted by Gasteiger charge is 2.06. The van der Waals surface area contributed by atoms with Gasteiger partial charge in [-0.05, 0) is 55.7 Å². The summed E-state index contributed by atoms with van der Waals surface area (Å²) in [5.74, 6) is -0.533. The Labute approximate surface area is 124 Å². The van der Waals surface area contributed by atoms with Gasteiger partial charge in [-0.15, -0.1) is 0 Å². The van der Waals surface area contributed by atoms with E-state index < -0.39 is 0 Å². The molecule has 110 valence electrons. The zero-order chi connectivity index (χ0) is 15.4. The maximum absolute atomic E-state index is 13.4. The minimum Gasteiger partial charge on any atom is -0.376 e. The quantitative estimate of drug-likeness (QED) is 0.897. The van der Waals surface area contributed by atoms with Crippen LogP contribution < -0.4 is 10.6 Å². The van der Waals surface area contributed by atoms with Crippen LogP contribution in [0.25, 0.3) is 0 Å². The molecular formula is C17H19FN2O. The van der Waals surface area contributed by atoms with Crippen LogP contribution in [-0.2, 0) is 4.79 Å². The Morgan fingerprint density at radius 3 is 2.57 bits per heavy atom. The van der Waals surface area contributed by atoms with E-state index in [0.717, 1.165) is 11.3 Å². The molecule has 1 amide bonds. The predicted octanol–water partition coefficient (Wildman–Crippen LogP) is 3.80. The highest BCUT2D eigenvalue weighted by atomic mass is 19.1. The van der Waals surface area contributed by atoms with Crippen LogP contribution in [0.4, 0.5) is 15.8 Å². The van der Waals surface area contributed by atoms with Crippen LogP contribution >= 0.6 is 0 Å². The van der Waals surface area contributed by atoms with E-state index in [2.05, 4.69) is 10.6 Å². The molecule has 21 heavy (non-hydrogen) atoms.